The molecule has 1 aromatic heterocycles. The molecule has 3 aromatic carbocycles. The number of amides is 1. The van der Waals surface area contributed by atoms with Crippen LogP contribution in [0.2, 0.25) is 0 Å². The monoisotopic (exact) mass is 437 g/mol. The first kappa shape index (κ1) is 20.0. The molecule has 0 aliphatic carbocycles. The number of aromatic nitrogens is 1. The Kier molecular flexibility index (Phi) is 5.10. The summed E-state index contributed by atoms with van der Waals surface area (Å²) in [4.78, 5) is 22.5. The van der Waals surface area contributed by atoms with Gasteiger partial charge in [0.25, 0.3) is 6.01 Å². The summed E-state index contributed by atoms with van der Waals surface area (Å²) in [6.07, 6.45) is 1.65. The van der Waals surface area contributed by atoms with Crippen LogP contribution >= 0.6 is 0 Å². The molecule has 33 heavy (non-hydrogen) atoms. The van der Waals surface area contributed by atoms with Crippen LogP contribution in [-0.4, -0.2) is 35.4 Å². The predicted octanol–water partition coefficient (Wildman–Crippen LogP) is 5.22. The Morgan fingerprint density at radius 3 is 2.42 bits per heavy atom. The second-order valence-electron chi connectivity index (χ2n) is 9.11. The zero-order valence-electron chi connectivity index (χ0n) is 18.6. The minimum atomic E-state index is 0.0484. The molecule has 0 unspecified atom stereocenters. The molecule has 6 rings (SSSR count). The van der Waals surface area contributed by atoms with E-state index >= 15 is 0 Å². The smallest absolute Gasteiger partial charge is 0.298 e. The molecule has 0 N–H and O–H groups in total. The molecular formula is C28H27N3O2. The topological polar surface area (TPSA) is 49.6 Å². The highest BCUT2D eigenvalue weighted by atomic mass is 16.4. The molecule has 0 saturated carbocycles. The van der Waals surface area contributed by atoms with E-state index in [1.54, 1.807) is 0 Å². The minimum Gasteiger partial charge on any atom is -0.423 e. The number of para-hydroxylation sites is 2. The van der Waals surface area contributed by atoms with Gasteiger partial charge in [0.05, 0.1) is 0 Å². The zero-order chi connectivity index (χ0) is 22.2. The molecule has 5 heteroatoms. The van der Waals surface area contributed by atoms with Gasteiger partial charge in [-0.25, -0.2) is 0 Å². The van der Waals surface area contributed by atoms with Gasteiger partial charge in [0.2, 0.25) is 5.91 Å². The molecule has 1 saturated heterocycles. The highest BCUT2D eigenvalue weighted by molar-refractivity contribution is 5.80. The lowest BCUT2D eigenvalue weighted by molar-refractivity contribution is -0.137. The SMILES string of the molecule is O=C(C1CCN(c2nc3ccccc3o2)CC1)N1Cc2ccccc2[C@@H](c2ccccc2)C1. The Bertz CT molecular complexity index is 1240. The van der Waals surface area contributed by atoms with E-state index < -0.39 is 0 Å². The number of piperidine rings is 1. The van der Waals surface area contributed by atoms with E-state index in [1.807, 2.05) is 30.3 Å². The number of hydrogen-bond acceptors (Lipinski definition) is 4. The van der Waals surface area contributed by atoms with Crippen molar-refractivity contribution in [2.45, 2.75) is 25.3 Å². The van der Waals surface area contributed by atoms with Gasteiger partial charge in [-0.05, 0) is 41.7 Å². The second-order valence-corrected chi connectivity index (χ2v) is 9.11. The molecule has 1 fully saturated rings. The molecule has 166 valence electrons. The molecular weight excluding hydrogens is 410 g/mol. The van der Waals surface area contributed by atoms with Crippen LogP contribution in [0.25, 0.3) is 11.1 Å². The molecule has 3 heterocycles. The van der Waals surface area contributed by atoms with Gasteiger partial charge in [-0.2, -0.15) is 4.98 Å². The van der Waals surface area contributed by atoms with E-state index in [0.717, 1.165) is 43.6 Å². The van der Waals surface area contributed by atoms with E-state index in [4.69, 9.17) is 4.42 Å². The summed E-state index contributed by atoms with van der Waals surface area (Å²) in [5.41, 5.74) is 5.57. The van der Waals surface area contributed by atoms with Crippen LogP contribution in [0.3, 0.4) is 0 Å². The Hall–Kier alpha value is -3.60. The third-order valence-corrected chi connectivity index (χ3v) is 7.11. The Balaban J connectivity index is 1.17. The van der Waals surface area contributed by atoms with E-state index in [-0.39, 0.29) is 17.7 Å². The van der Waals surface area contributed by atoms with Crippen molar-refractivity contribution in [2.24, 2.45) is 5.92 Å². The molecule has 4 aromatic rings. The third-order valence-electron chi connectivity index (χ3n) is 7.11. The van der Waals surface area contributed by atoms with Crippen molar-refractivity contribution in [2.75, 3.05) is 24.5 Å². The largest absolute Gasteiger partial charge is 0.423 e. The van der Waals surface area contributed by atoms with Gasteiger partial charge in [0.15, 0.2) is 5.58 Å². The number of oxazole rings is 1. The highest BCUT2D eigenvalue weighted by Crippen LogP contribution is 2.35. The van der Waals surface area contributed by atoms with Gasteiger partial charge in [0.1, 0.15) is 5.52 Å². The van der Waals surface area contributed by atoms with Crippen LogP contribution in [0.4, 0.5) is 6.01 Å². The van der Waals surface area contributed by atoms with Crippen LogP contribution in [0.15, 0.2) is 83.3 Å². The fourth-order valence-electron chi connectivity index (χ4n) is 5.32. The van der Waals surface area contributed by atoms with Crippen LogP contribution in [0, 0.1) is 5.92 Å². The van der Waals surface area contributed by atoms with Crippen molar-refractivity contribution in [3.63, 3.8) is 0 Å². The summed E-state index contributed by atoms with van der Waals surface area (Å²) >= 11 is 0. The van der Waals surface area contributed by atoms with Crippen molar-refractivity contribution >= 4 is 23.0 Å². The van der Waals surface area contributed by atoms with Gasteiger partial charge < -0.3 is 14.2 Å². The van der Waals surface area contributed by atoms with Crippen molar-refractivity contribution in [3.8, 4) is 0 Å². The van der Waals surface area contributed by atoms with Crippen LogP contribution in [0.1, 0.15) is 35.4 Å². The maximum atomic E-state index is 13.6. The first-order valence-corrected chi connectivity index (χ1v) is 11.8. The lowest BCUT2D eigenvalue weighted by Gasteiger charge is -2.38. The van der Waals surface area contributed by atoms with Crippen LogP contribution < -0.4 is 4.90 Å². The Morgan fingerprint density at radius 1 is 0.879 bits per heavy atom. The van der Waals surface area contributed by atoms with Crippen molar-refractivity contribution < 1.29 is 9.21 Å². The van der Waals surface area contributed by atoms with Crippen molar-refractivity contribution in [1.29, 1.82) is 0 Å². The van der Waals surface area contributed by atoms with Gasteiger partial charge in [-0.1, -0.05) is 66.7 Å². The average Bonchev–Trinajstić information content (AvgIpc) is 3.33. The molecule has 5 nitrogen and oxygen atoms in total. The maximum Gasteiger partial charge on any atom is 0.298 e. The van der Waals surface area contributed by atoms with Gasteiger partial charge in [-0.3, -0.25) is 4.79 Å². The van der Waals surface area contributed by atoms with Crippen molar-refractivity contribution in [3.05, 3.63) is 95.6 Å². The number of hydrogen-bond donors (Lipinski definition) is 0. The van der Waals surface area contributed by atoms with Gasteiger partial charge >= 0.3 is 0 Å². The number of carbonyl (C=O) groups is 1. The second kappa shape index (κ2) is 8.39. The highest BCUT2D eigenvalue weighted by Gasteiger charge is 2.34. The minimum absolute atomic E-state index is 0.0484. The number of carbonyl (C=O) groups excluding carboxylic acids is 1. The summed E-state index contributed by atoms with van der Waals surface area (Å²) in [7, 11) is 0. The normalized spacial score (nSPS) is 19.0. The van der Waals surface area contributed by atoms with E-state index in [2.05, 4.69) is 63.3 Å². The summed E-state index contributed by atoms with van der Waals surface area (Å²) in [6.45, 7) is 3.01. The lowest BCUT2D eigenvalue weighted by Crippen LogP contribution is -2.45. The number of rotatable bonds is 3. The summed E-state index contributed by atoms with van der Waals surface area (Å²) in [5.74, 6) is 0.551. The average molecular weight is 438 g/mol. The molecule has 0 spiro atoms. The Morgan fingerprint density at radius 2 is 1.61 bits per heavy atom. The summed E-state index contributed by atoms with van der Waals surface area (Å²) < 4.78 is 5.94. The molecule has 2 aliphatic rings. The molecule has 0 radical (unpaired) electrons. The summed E-state index contributed by atoms with van der Waals surface area (Å²) in [6, 6.07) is 27.6. The van der Waals surface area contributed by atoms with E-state index in [1.165, 1.54) is 16.7 Å². The predicted molar refractivity (Wildman–Crippen MR) is 129 cm³/mol. The van der Waals surface area contributed by atoms with E-state index in [9.17, 15) is 4.79 Å². The molecule has 0 bridgehead atoms. The third kappa shape index (κ3) is 3.78. The number of benzene rings is 3. The quantitative estimate of drug-likeness (QED) is 0.441. The number of anilines is 1. The maximum absolute atomic E-state index is 13.6. The van der Waals surface area contributed by atoms with Crippen LogP contribution in [-0.2, 0) is 11.3 Å². The summed E-state index contributed by atoms with van der Waals surface area (Å²) in [5, 5.41) is 0. The number of nitrogens with zero attached hydrogens (tertiary/aromatic N) is 3. The van der Waals surface area contributed by atoms with Crippen molar-refractivity contribution in [1.82, 2.24) is 9.88 Å². The fourth-order valence-corrected chi connectivity index (χ4v) is 5.32. The molecule has 1 atom stereocenters. The van der Waals surface area contributed by atoms with Gasteiger partial charge in [-0.15, -0.1) is 0 Å². The lowest BCUT2D eigenvalue weighted by atomic mass is 9.84. The number of fused-ring (bicyclic) bond motifs is 2. The molecule has 2 aliphatic heterocycles. The van der Waals surface area contributed by atoms with Gasteiger partial charge in [0, 0.05) is 38.0 Å². The molecule has 1 amide bonds. The fraction of sp³-hybridized carbons (Fsp3) is 0.286. The Labute approximate surface area is 193 Å². The standard InChI is InChI=1S/C28H27N3O2/c32-27(21-14-16-30(17-15-21)28-29-25-12-6-7-13-26(25)33-28)31-18-22-10-4-5-11-23(22)24(19-31)20-8-2-1-3-9-20/h1-13,21,24H,14-19H2/t24-/m1/s1. The zero-order valence-corrected chi connectivity index (χ0v) is 18.6. The first-order chi connectivity index (χ1) is 16.3. The van der Waals surface area contributed by atoms with E-state index in [0.29, 0.717) is 12.6 Å². The first-order valence-electron chi connectivity index (χ1n) is 11.8. The van der Waals surface area contributed by atoms with Crippen LogP contribution in [0.5, 0.6) is 0 Å².